The Bertz CT molecular complexity index is 1030. The van der Waals surface area contributed by atoms with Crippen molar-refractivity contribution in [3.8, 4) is 0 Å². The molecule has 4 rings (SSSR count). The van der Waals surface area contributed by atoms with E-state index in [1.165, 1.54) is 0 Å². The van der Waals surface area contributed by atoms with Crippen LogP contribution in [0.1, 0.15) is 32.7 Å². The van der Waals surface area contributed by atoms with Crippen LogP contribution in [0, 0.1) is 0 Å². The predicted octanol–water partition coefficient (Wildman–Crippen LogP) is 2.65. The molecule has 1 amide bonds. The fraction of sp³-hybridized carbons (Fsp3) is 0.280. The van der Waals surface area contributed by atoms with Gasteiger partial charge in [-0.05, 0) is 25.1 Å². The Hall–Kier alpha value is -3.58. The van der Waals surface area contributed by atoms with E-state index in [4.69, 9.17) is 0 Å². The topological polar surface area (TPSA) is 78.4 Å². The van der Waals surface area contributed by atoms with Crippen LogP contribution in [0.4, 0.5) is 5.95 Å². The minimum absolute atomic E-state index is 0.142. The lowest BCUT2D eigenvalue weighted by molar-refractivity contribution is 0.0940. The monoisotopic (exact) mass is 429 g/mol. The zero-order chi connectivity index (χ0) is 22.2. The van der Waals surface area contributed by atoms with Gasteiger partial charge in [0.15, 0.2) is 5.78 Å². The molecule has 32 heavy (non-hydrogen) atoms. The quantitative estimate of drug-likeness (QED) is 0.438. The number of hydrogen-bond acceptors (Lipinski definition) is 6. The van der Waals surface area contributed by atoms with Crippen molar-refractivity contribution in [3.05, 3.63) is 89.7 Å². The number of nitrogens with zero attached hydrogens (tertiary/aromatic N) is 4. The Morgan fingerprint density at radius 3 is 2.19 bits per heavy atom. The van der Waals surface area contributed by atoms with Gasteiger partial charge >= 0.3 is 0 Å². The minimum Gasteiger partial charge on any atom is -0.352 e. The molecule has 0 spiro atoms. The van der Waals surface area contributed by atoms with Gasteiger partial charge in [-0.25, -0.2) is 9.97 Å². The third-order valence-electron chi connectivity index (χ3n) is 5.60. The Balaban J connectivity index is 1.24. The molecular formula is C25H27N5O2. The predicted molar refractivity (Wildman–Crippen MR) is 124 cm³/mol. The van der Waals surface area contributed by atoms with E-state index in [9.17, 15) is 9.59 Å². The number of anilines is 1. The molecule has 1 saturated heterocycles. The van der Waals surface area contributed by atoms with Gasteiger partial charge in [-0.2, -0.15) is 0 Å². The standard InChI is InChI=1S/C25H27N5O2/c31-23(20-8-2-1-3-9-20)21-10-4-5-11-22(21)24(32)26-14-7-15-29-16-18-30(19-17-29)25-27-12-6-13-28-25/h1-6,8-13H,7,14-19H2,(H,26,32). The third-order valence-corrected chi connectivity index (χ3v) is 5.60. The first-order chi connectivity index (χ1) is 15.7. The average Bonchev–Trinajstić information content (AvgIpc) is 2.87. The number of hydrogen-bond donors (Lipinski definition) is 1. The second kappa shape index (κ2) is 10.6. The van der Waals surface area contributed by atoms with E-state index in [1.807, 2.05) is 24.3 Å². The van der Waals surface area contributed by atoms with Gasteiger partial charge in [-0.1, -0.05) is 48.5 Å². The first-order valence-electron chi connectivity index (χ1n) is 10.9. The zero-order valence-electron chi connectivity index (χ0n) is 18.0. The van der Waals surface area contributed by atoms with E-state index in [0.29, 0.717) is 23.2 Å². The molecule has 0 radical (unpaired) electrons. The summed E-state index contributed by atoms with van der Waals surface area (Å²) in [6, 6.07) is 17.8. The number of amides is 1. The molecule has 0 unspecified atom stereocenters. The number of carbonyl (C=O) groups excluding carboxylic acids is 2. The molecule has 2 aromatic carbocycles. The molecule has 1 aliphatic heterocycles. The van der Waals surface area contributed by atoms with Crippen LogP contribution in [0.15, 0.2) is 73.1 Å². The maximum atomic E-state index is 12.8. The van der Waals surface area contributed by atoms with Gasteiger partial charge in [-0.3, -0.25) is 14.5 Å². The fourth-order valence-electron chi connectivity index (χ4n) is 3.85. The van der Waals surface area contributed by atoms with E-state index in [2.05, 4.69) is 25.1 Å². The van der Waals surface area contributed by atoms with Crippen LogP contribution >= 0.6 is 0 Å². The van der Waals surface area contributed by atoms with Crippen LogP contribution in [0.2, 0.25) is 0 Å². The van der Waals surface area contributed by atoms with E-state index in [0.717, 1.165) is 45.1 Å². The zero-order valence-corrected chi connectivity index (χ0v) is 18.0. The lowest BCUT2D eigenvalue weighted by Crippen LogP contribution is -2.47. The maximum Gasteiger partial charge on any atom is 0.252 e. The Kier molecular flexibility index (Phi) is 7.19. The molecule has 0 aliphatic carbocycles. The SMILES string of the molecule is O=C(NCCCN1CCN(c2ncccn2)CC1)c1ccccc1C(=O)c1ccccc1. The van der Waals surface area contributed by atoms with Crippen molar-refractivity contribution in [1.29, 1.82) is 0 Å². The summed E-state index contributed by atoms with van der Waals surface area (Å²) in [4.78, 5) is 38.8. The molecule has 7 heteroatoms. The number of nitrogens with one attached hydrogen (secondary N) is 1. The molecule has 0 bridgehead atoms. The highest BCUT2D eigenvalue weighted by Crippen LogP contribution is 2.15. The van der Waals surface area contributed by atoms with Crippen LogP contribution in [0.5, 0.6) is 0 Å². The molecule has 0 saturated carbocycles. The van der Waals surface area contributed by atoms with Crippen LogP contribution in [0.25, 0.3) is 0 Å². The summed E-state index contributed by atoms with van der Waals surface area (Å²) in [5.41, 5.74) is 1.42. The summed E-state index contributed by atoms with van der Waals surface area (Å²) in [5, 5.41) is 2.97. The van der Waals surface area contributed by atoms with Crippen molar-refractivity contribution in [3.63, 3.8) is 0 Å². The molecule has 7 nitrogen and oxygen atoms in total. The average molecular weight is 430 g/mol. The van der Waals surface area contributed by atoms with Crippen molar-refractivity contribution in [1.82, 2.24) is 20.2 Å². The van der Waals surface area contributed by atoms with Crippen molar-refractivity contribution < 1.29 is 9.59 Å². The smallest absolute Gasteiger partial charge is 0.252 e. The second-order valence-electron chi connectivity index (χ2n) is 7.73. The molecule has 1 N–H and O–H groups in total. The molecule has 1 fully saturated rings. The van der Waals surface area contributed by atoms with E-state index in [1.54, 1.807) is 48.8 Å². The summed E-state index contributed by atoms with van der Waals surface area (Å²) >= 11 is 0. The molecular weight excluding hydrogens is 402 g/mol. The summed E-state index contributed by atoms with van der Waals surface area (Å²) < 4.78 is 0. The van der Waals surface area contributed by atoms with E-state index < -0.39 is 0 Å². The Labute approximate surface area is 188 Å². The normalized spacial score (nSPS) is 14.2. The number of rotatable bonds is 8. The van der Waals surface area contributed by atoms with Crippen molar-refractivity contribution in [2.24, 2.45) is 0 Å². The van der Waals surface area contributed by atoms with Gasteiger partial charge in [0.25, 0.3) is 5.91 Å². The van der Waals surface area contributed by atoms with Gasteiger partial charge in [0.1, 0.15) is 0 Å². The van der Waals surface area contributed by atoms with E-state index in [-0.39, 0.29) is 11.7 Å². The molecule has 2 heterocycles. The van der Waals surface area contributed by atoms with Crippen LogP contribution in [-0.4, -0.2) is 65.8 Å². The Morgan fingerprint density at radius 1 is 0.812 bits per heavy atom. The third kappa shape index (κ3) is 5.36. The number of benzene rings is 2. The highest BCUT2D eigenvalue weighted by molar-refractivity contribution is 6.15. The molecule has 3 aromatic rings. The number of piperazine rings is 1. The van der Waals surface area contributed by atoms with Gasteiger partial charge in [-0.15, -0.1) is 0 Å². The van der Waals surface area contributed by atoms with Gasteiger partial charge in [0, 0.05) is 56.2 Å². The number of carbonyl (C=O) groups is 2. The lowest BCUT2D eigenvalue weighted by Gasteiger charge is -2.34. The molecule has 1 aromatic heterocycles. The second-order valence-corrected chi connectivity index (χ2v) is 7.73. The number of ketones is 1. The van der Waals surface area contributed by atoms with Crippen LogP contribution < -0.4 is 10.2 Å². The van der Waals surface area contributed by atoms with E-state index >= 15 is 0 Å². The summed E-state index contributed by atoms with van der Waals surface area (Å²) in [7, 11) is 0. The van der Waals surface area contributed by atoms with Gasteiger partial charge in [0.2, 0.25) is 5.95 Å². The maximum absolute atomic E-state index is 12.8. The molecule has 1 aliphatic rings. The number of aromatic nitrogens is 2. The van der Waals surface area contributed by atoms with Crippen LogP contribution in [-0.2, 0) is 0 Å². The highest BCUT2D eigenvalue weighted by atomic mass is 16.2. The van der Waals surface area contributed by atoms with Crippen molar-refractivity contribution in [2.75, 3.05) is 44.2 Å². The van der Waals surface area contributed by atoms with Gasteiger partial charge in [0.05, 0.1) is 5.56 Å². The van der Waals surface area contributed by atoms with Crippen LogP contribution in [0.3, 0.4) is 0 Å². The fourth-order valence-corrected chi connectivity index (χ4v) is 3.85. The molecule has 0 atom stereocenters. The van der Waals surface area contributed by atoms with Crippen molar-refractivity contribution >= 4 is 17.6 Å². The summed E-state index contributed by atoms with van der Waals surface area (Å²) in [6.07, 6.45) is 4.38. The van der Waals surface area contributed by atoms with Crippen molar-refractivity contribution in [2.45, 2.75) is 6.42 Å². The minimum atomic E-state index is -0.212. The lowest BCUT2D eigenvalue weighted by atomic mass is 9.98. The first kappa shape index (κ1) is 21.6. The summed E-state index contributed by atoms with van der Waals surface area (Å²) in [5.74, 6) is 0.427. The first-order valence-corrected chi connectivity index (χ1v) is 10.9. The molecule has 164 valence electrons. The summed E-state index contributed by atoms with van der Waals surface area (Å²) in [6.45, 7) is 5.15. The highest BCUT2D eigenvalue weighted by Gasteiger charge is 2.19. The van der Waals surface area contributed by atoms with Gasteiger partial charge < -0.3 is 10.2 Å². The Morgan fingerprint density at radius 2 is 1.47 bits per heavy atom. The largest absolute Gasteiger partial charge is 0.352 e.